The average molecular weight is 211 g/mol. The van der Waals surface area contributed by atoms with Gasteiger partial charge in [0.25, 0.3) is 0 Å². The van der Waals surface area contributed by atoms with E-state index in [0.29, 0.717) is 0 Å². The molecule has 0 saturated heterocycles. The molecule has 0 aromatic heterocycles. The van der Waals surface area contributed by atoms with Crippen molar-refractivity contribution in [3.63, 3.8) is 0 Å². The summed E-state index contributed by atoms with van der Waals surface area (Å²) >= 11 is 0. The molecule has 0 aliphatic rings. The van der Waals surface area contributed by atoms with Crippen LogP contribution in [-0.4, -0.2) is 0 Å². The molecule has 0 heteroatoms. The van der Waals surface area contributed by atoms with Gasteiger partial charge in [0.2, 0.25) is 0 Å². The van der Waals surface area contributed by atoms with E-state index in [0.717, 1.165) is 11.8 Å². The van der Waals surface area contributed by atoms with Crippen LogP contribution in [0.2, 0.25) is 0 Å². The van der Waals surface area contributed by atoms with E-state index in [2.05, 4.69) is 34.1 Å². The fourth-order valence-electron chi connectivity index (χ4n) is 2.29. The lowest BCUT2D eigenvalue weighted by Crippen LogP contribution is -2.07. The van der Waals surface area contributed by atoms with E-state index in [1.807, 2.05) is 0 Å². The van der Waals surface area contributed by atoms with Gasteiger partial charge in [-0.2, -0.15) is 0 Å². The van der Waals surface area contributed by atoms with E-state index in [1.54, 1.807) is 0 Å². The molecule has 2 unspecified atom stereocenters. The smallest absolute Gasteiger partial charge is 0.0327 e. The Balaban J connectivity index is 3.53. The molecule has 0 saturated carbocycles. The van der Waals surface area contributed by atoms with E-state index in [-0.39, 0.29) is 0 Å². The molecule has 0 rings (SSSR count). The third-order valence-corrected chi connectivity index (χ3v) is 3.30. The molecule has 2 atom stereocenters. The summed E-state index contributed by atoms with van der Waals surface area (Å²) in [5, 5.41) is 0. The monoisotopic (exact) mass is 211 g/mol. The molecule has 15 heavy (non-hydrogen) atoms. The van der Waals surface area contributed by atoms with Crippen molar-refractivity contribution in [1.82, 2.24) is 0 Å². The van der Waals surface area contributed by atoms with Crippen LogP contribution in [0.5, 0.6) is 0 Å². The summed E-state index contributed by atoms with van der Waals surface area (Å²) in [7, 11) is 0. The Labute approximate surface area is 97.8 Å². The maximum Gasteiger partial charge on any atom is -0.0327 e. The molecule has 0 fully saturated rings. The van der Waals surface area contributed by atoms with Gasteiger partial charge in [-0.25, -0.2) is 0 Å². The third kappa shape index (κ3) is 8.96. The summed E-state index contributed by atoms with van der Waals surface area (Å²) in [6, 6.07) is 0. The highest BCUT2D eigenvalue weighted by molar-refractivity contribution is 4.80. The Morgan fingerprint density at radius 3 is 2.13 bits per heavy atom. The van der Waals surface area contributed by atoms with Gasteiger partial charge in [0.15, 0.2) is 0 Å². The first-order valence-corrected chi connectivity index (χ1v) is 7.09. The highest BCUT2D eigenvalue weighted by Gasteiger charge is 2.10. The molecule has 0 spiro atoms. The first-order chi connectivity index (χ1) is 7.24. The highest BCUT2D eigenvalue weighted by Crippen LogP contribution is 2.23. The molecule has 0 aromatic rings. The molecule has 0 amide bonds. The van der Waals surface area contributed by atoms with E-state index in [1.165, 1.54) is 51.4 Å². The van der Waals surface area contributed by atoms with E-state index >= 15 is 0 Å². The van der Waals surface area contributed by atoms with Gasteiger partial charge in [0.05, 0.1) is 0 Å². The number of hydrogen-bond donors (Lipinski definition) is 0. The summed E-state index contributed by atoms with van der Waals surface area (Å²) in [4.78, 5) is 0. The summed E-state index contributed by atoms with van der Waals surface area (Å²) < 4.78 is 0. The maximum atomic E-state index is 2.61. The van der Waals surface area contributed by atoms with Gasteiger partial charge in [-0.1, -0.05) is 79.1 Å². The number of unbranched alkanes of at least 4 members (excludes halogenated alkanes) is 3. The average Bonchev–Trinajstić information content (AvgIpc) is 2.23. The second kappa shape index (κ2) is 10.5. The Hall–Kier alpha value is 0. The minimum atomic E-state index is 0.825. The Bertz CT molecular complexity index is 117. The van der Waals surface area contributed by atoms with Crippen LogP contribution in [0.25, 0.3) is 0 Å². The van der Waals surface area contributed by atoms with E-state index < -0.39 is 0 Å². The van der Waals surface area contributed by atoms with Crippen LogP contribution in [0.4, 0.5) is 0 Å². The predicted molar refractivity (Wildman–Crippen MR) is 70.9 cm³/mol. The number of hydrogen-bond acceptors (Lipinski definition) is 0. The molecule has 1 radical (unpaired) electrons. The third-order valence-electron chi connectivity index (χ3n) is 3.30. The van der Waals surface area contributed by atoms with Gasteiger partial charge in [0, 0.05) is 0 Å². The molecule has 0 nitrogen and oxygen atoms in total. The van der Waals surface area contributed by atoms with Crippen LogP contribution < -0.4 is 0 Å². The minimum absolute atomic E-state index is 0.825. The van der Waals surface area contributed by atoms with Crippen LogP contribution in [0.3, 0.4) is 0 Å². The summed E-state index contributed by atoms with van der Waals surface area (Å²) in [6.07, 6.45) is 13.7. The predicted octanol–water partition coefficient (Wildman–Crippen LogP) is 5.62. The van der Waals surface area contributed by atoms with Gasteiger partial charge < -0.3 is 0 Å². The molecule has 0 bridgehead atoms. The van der Waals surface area contributed by atoms with E-state index in [9.17, 15) is 0 Å². The van der Waals surface area contributed by atoms with Crippen molar-refractivity contribution in [2.45, 2.75) is 79.1 Å². The zero-order chi connectivity index (χ0) is 11.5. The van der Waals surface area contributed by atoms with Crippen LogP contribution in [-0.2, 0) is 0 Å². The highest BCUT2D eigenvalue weighted by atomic mass is 14.2. The van der Waals surface area contributed by atoms with Gasteiger partial charge in [-0.3, -0.25) is 0 Å². The maximum absolute atomic E-state index is 2.61. The van der Waals surface area contributed by atoms with Crippen LogP contribution in [0.15, 0.2) is 0 Å². The Kier molecular flexibility index (Phi) is 10.5. The lowest BCUT2D eigenvalue weighted by atomic mass is 9.87. The molecular formula is C15H31. The van der Waals surface area contributed by atoms with Crippen LogP contribution in [0, 0.1) is 18.3 Å². The molecule has 0 aliphatic heterocycles. The van der Waals surface area contributed by atoms with E-state index in [4.69, 9.17) is 0 Å². The van der Waals surface area contributed by atoms with Crippen molar-refractivity contribution in [3.8, 4) is 0 Å². The lowest BCUT2D eigenvalue weighted by Gasteiger charge is -2.18. The second-order valence-electron chi connectivity index (χ2n) is 4.98. The normalized spacial score (nSPS) is 15.2. The van der Waals surface area contributed by atoms with Gasteiger partial charge in [-0.05, 0) is 18.3 Å². The Morgan fingerprint density at radius 1 is 0.867 bits per heavy atom. The van der Waals surface area contributed by atoms with Crippen molar-refractivity contribution < 1.29 is 0 Å². The largest absolute Gasteiger partial charge is 0.0654 e. The fraction of sp³-hybridized carbons (Fsp3) is 0.933. The topological polar surface area (TPSA) is 0 Å². The number of rotatable bonds is 10. The van der Waals surface area contributed by atoms with Gasteiger partial charge in [0.1, 0.15) is 0 Å². The van der Waals surface area contributed by atoms with Crippen molar-refractivity contribution in [3.05, 3.63) is 6.42 Å². The molecular weight excluding hydrogens is 180 g/mol. The van der Waals surface area contributed by atoms with Crippen LogP contribution in [0.1, 0.15) is 79.1 Å². The second-order valence-corrected chi connectivity index (χ2v) is 4.98. The van der Waals surface area contributed by atoms with Crippen molar-refractivity contribution in [2.75, 3.05) is 0 Å². The minimum Gasteiger partial charge on any atom is -0.0654 e. The standard InChI is InChI=1S/C15H31/c1-5-8-9-10-12-15(7-3)13-14(4)11-6-2/h13-15H,5-12H2,1-4H3. The first kappa shape index (κ1) is 15.0. The zero-order valence-corrected chi connectivity index (χ0v) is 11.4. The van der Waals surface area contributed by atoms with Crippen molar-refractivity contribution >= 4 is 0 Å². The molecule has 0 N–H and O–H groups in total. The zero-order valence-electron chi connectivity index (χ0n) is 11.4. The van der Waals surface area contributed by atoms with Gasteiger partial charge in [-0.15, -0.1) is 0 Å². The molecule has 0 heterocycles. The van der Waals surface area contributed by atoms with Crippen molar-refractivity contribution in [1.29, 1.82) is 0 Å². The quantitative estimate of drug-likeness (QED) is 0.411. The summed E-state index contributed by atoms with van der Waals surface area (Å²) in [5.41, 5.74) is 0. The van der Waals surface area contributed by atoms with Crippen LogP contribution >= 0.6 is 0 Å². The SMILES string of the molecule is CCCCCCC([CH]C(C)CCC)CC. The molecule has 0 aromatic carbocycles. The lowest BCUT2D eigenvalue weighted by molar-refractivity contribution is 0.431. The van der Waals surface area contributed by atoms with Gasteiger partial charge >= 0.3 is 0 Å². The first-order valence-electron chi connectivity index (χ1n) is 7.09. The Morgan fingerprint density at radius 2 is 1.60 bits per heavy atom. The van der Waals surface area contributed by atoms with Crippen molar-refractivity contribution in [2.24, 2.45) is 11.8 Å². The molecule has 91 valence electrons. The molecule has 0 aliphatic carbocycles. The summed E-state index contributed by atoms with van der Waals surface area (Å²) in [6.45, 7) is 9.27. The summed E-state index contributed by atoms with van der Waals surface area (Å²) in [5.74, 6) is 1.70. The fourth-order valence-corrected chi connectivity index (χ4v) is 2.29.